The van der Waals surface area contributed by atoms with Crippen LogP contribution >= 0.6 is 23.2 Å². The summed E-state index contributed by atoms with van der Waals surface area (Å²) in [5, 5.41) is 21.7. The number of carbonyl (C=O) groups excluding carboxylic acids is 1. The van der Waals surface area contributed by atoms with Crippen LogP contribution in [0.3, 0.4) is 0 Å². The molecule has 40 heavy (non-hydrogen) atoms. The maximum atomic E-state index is 13.0. The fraction of sp³-hybridized carbons (Fsp3) is 0.310. The number of ketones is 1. The molecule has 0 amide bonds. The van der Waals surface area contributed by atoms with Crippen molar-refractivity contribution in [3.8, 4) is 16.9 Å². The van der Waals surface area contributed by atoms with E-state index in [1.54, 1.807) is 42.5 Å². The Labute approximate surface area is 239 Å². The lowest BCUT2D eigenvalue weighted by atomic mass is 10.0. The summed E-state index contributed by atoms with van der Waals surface area (Å²) in [6.07, 6.45) is -6.33. The molecule has 0 bridgehead atoms. The molecule has 0 unspecified atom stereocenters. The second-order valence-corrected chi connectivity index (χ2v) is 10.3. The Hall–Kier alpha value is -3.27. The summed E-state index contributed by atoms with van der Waals surface area (Å²) in [6.45, 7) is 4.28. The molecule has 0 radical (unpaired) electrons. The smallest absolute Gasteiger partial charge is 0.416 e. The van der Waals surface area contributed by atoms with Crippen LogP contribution in [0.2, 0.25) is 10.0 Å². The first-order valence-electron chi connectivity index (χ1n) is 12.4. The number of ether oxygens (including phenoxy) is 1. The maximum absolute atomic E-state index is 13.0. The van der Waals surface area contributed by atoms with Crippen molar-refractivity contribution in [2.45, 2.75) is 45.0 Å². The molecule has 0 aliphatic heterocycles. The SMILES string of the molecule is CC(C)[C@@H](COc1ccc(-c2ccc(C(F)(F)F)cc2Cl)c(Cl)c1)Nc1ccc(C(=O)CC[C@@H](O)C(=O)O)cc1. The first-order chi connectivity index (χ1) is 18.8. The number of hydrogen-bond acceptors (Lipinski definition) is 5. The molecule has 0 aliphatic rings. The van der Waals surface area contributed by atoms with Crippen LogP contribution in [0.15, 0.2) is 60.7 Å². The Kier molecular flexibility index (Phi) is 10.5. The zero-order valence-corrected chi connectivity index (χ0v) is 23.1. The lowest BCUT2D eigenvalue weighted by Gasteiger charge is -2.24. The molecule has 3 N–H and O–H groups in total. The van der Waals surface area contributed by atoms with Crippen LogP contribution in [0.5, 0.6) is 5.75 Å². The summed E-state index contributed by atoms with van der Waals surface area (Å²) >= 11 is 12.5. The van der Waals surface area contributed by atoms with E-state index in [1.165, 1.54) is 6.07 Å². The number of Topliss-reactive ketones (excluding diaryl/α,β-unsaturated/α-hetero) is 1. The molecular formula is C29H28Cl2F3NO5. The molecule has 0 aromatic heterocycles. The average molecular weight is 598 g/mol. The number of hydrogen-bond donors (Lipinski definition) is 3. The van der Waals surface area contributed by atoms with Gasteiger partial charge in [-0.15, -0.1) is 0 Å². The highest BCUT2D eigenvalue weighted by molar-refractivity contribution is 6.36. The predicted octanol–water partition coefficient (Wildman–Crippen LogP) is 7.60. The van der Waals surface area contributed by atoms with E-state index >= 15 is 0 Å². The molecule has 0 saturated heterocycles. The van der Waals surface area contributed by atoms with E-state index in [0.29, 0.717) is 22.4 Å². The summed E-state index contributed by atoms with van der Waals surface area (Å²) in [5.41, 5.74) is 1.14. The zero-order chi connectivity index (χ0) is 29.6. The van der Waals surface area contributed by atoms with Crippen molar-refractivity contribution in [1.29, 1.82) is 0 Å². The number of carbonyl (C=O) groups is 2. The number of aliphatic hydroxyl groups excluding tert-OH is 1. The van der Waals surface area contributed by atoms with Crippen LogP contribution in [0.4, 0.5) is 18.9 Å². The van der Waals surface area contributed by atoms with Gasteiger partial charge in [-0.25, -0.2) is 4.79 Å². The van der Waals surface area contributed by atoms with Crippen molar-refractivity contribution in [3.63, 3.8) is 0 Å². The van der Waals surface area contributed by atoms with Gasteiger partial charge < -0.3 is 20.3 Å². The summed E-state index contributed by atoms with van der Waals surface area (Å²) in [6, 6.07) is 14.6. The summed E-state index contributed by atoms with van der Waals surface area (Å²) < 4.78 is 44.8. The van der Waals surface area contributed by atoms with E-state index in [-0.39, 0.29) is 47.2 Å². The lowest BCUT2D eigenvalue weighted by molar-refractivity contribution is -0.146. The minimum Gasteiger partial charge on any atom is -0.491 e. The third-order valence-corrected chi connectivity index (χ3v) is 6.88. The fourth-order valence-electron chi connectivity index (χ4n) is 3.80. The first-order valence-corrected chi connectivity index (χ1v) is 13.1. The number of anilines is 1. The molecule has 0 aliphatic carbocycles. The van der Waals surface area contributed by atoms with Gasteiger partial charge in [-0.3, -0.25) is 4.79 Å². The molecule has 2 atom stereocenters. The molecule has 3 rings (SSSR count). The number of nitrogens with one attached hydrogen (secondary N) is 1. The van der Waals surface area contributed by atoms with E-state index in [9.17, 15) is 27.9 Å². The highest BCUT2D eigenvalue weighted by Gasteiger charge is 2.31. The monoisotopic (exact) mass is 597 g/mol. The number of carboxylic acid groups (broad SMARTS) is 1. The van der Waals surface area contributed by atoms with Crippen LogP contribution in [0, 0.1) is 5.92 Å². The molecule has 3 aromatic rings. The molecule has 214 valence electrons. The van der Waals surface area contributed by atoms with Gasteiger partial charge >= 0.3 is 12.1 Å². The molecule has 0 spiro atoms. The van der Waals surface area contributed by atoms with Crippen molar-refractivity contribution in [2.24, 2.45) is 5.92 Å². The quantitative estimate of drug-likeness (QED) is 0.186. The third kappa shape index (κ3) is 8.36. The van der Waals surface area contributed by atoms with Gasteiger partial charge in [-0.1, -0.05) is 43.1 Å². The van der Waals surface area contributed by atoms with Crippen molar-refractivity contribution >= 4 is 40.6 Å². The Morgan fingerprint density at radius 2 is 1.55 bits per heavy atom. The largest absolute Gasteiger partial charge is 0.491 e. The topological polar surface area (TPSA) is 95.9 Å². The van der Waals surface area contributed by atoms with Gasteiger partial charge in [0, 0.05) is 33.8 Å². The highest BCUT2D eigenvalue weighted by atomic mass is 35.5. The van der Waals surface area contributed by atoms with Crippen LogP contribution in [0.25, 0.3) is 11.1 Å². The summed E-state index contributed by atoms with van der Waals surface area (Å²) in [7, 11) is 0. The predicted molar refractivity (Wildman–Crippen MR) is 148 cm³/mol. The molecule has 3 aromatic carbocycles. The van der Waals surface area contributed by atoms with Crippen molar-refractivity contribution in [2.75, 3.05) is 11.9 Å². The second kappa shape index (κ2) is 13.4. The van der Waals surface area contributed by atoms with E-state index in [0.717, 1.165) is 17.8 Å². The van der Waals surface area contributed by atoms with E-state index < -0.39 is 23.8 Å². The summed E-state index contributed by atoms with van der Waals surface area (Å²) in [5.74, 6) is -1.02. The molecule has 0 saturated carbocycles. The van der Waals surface area contributed by atoms with Crippen molar-refractivity contribution in [3.05, 3.63) is 81.8 Å². The fourth-order valence-corrected chi connectivity index (χ4v) is 4.36. The van der Waals surface area contributed by atoms with Crippen LogP contribution in [0.1, 0.15) is 42.6 Å². The van der Waals surface area contributed by atoms with Gasteiger partial charge in [0.15, 0.2) is 11.9 Å². The standard InChI is InChI=1S/C29H28Cl2F3NO5/c1-16(2)25(35-19-6-3-17(4-7-19)26(36)11-12-27(37)28(38)39)15-40-20-8-10-22(24(31)14-20)21-9-5-18(13-23(21)30)29(32,33)34/h3-10,13-14,16,25,27,35,37H,11-12,15H2,1-2H3,(H,38,39)/t25-,27-/m1/s1. The normalized spacial score (nSPS) is 13.1. The van der Waals surface area contributed by atoms with Gasteiger partial charge in [-0.2, -0.15) is 13.2 Å². The minimum atomic E-state index is -4.50. The Morgan fingerprint density at radius 1 is 0.950 bits per heavy atom. The molecule has 0 heterocycles. The van der Waals surface area contributed by atoms with Crippen LogP contribution < -0.4 is 10.1 Å². The van der Waals surface area contributed by atoms with Gasteiger partial charge in [0.25, 0.3) is 0 Å². The van der Waals surface area contributed by atoms with Crippen molar-refractivity contribution < 1.29 is 37.7 Å². The maximum Gasteiger partial charge on any atom is 0.416 e. The number of rotatable bonds is 12. The zero-order valence-electron chi connectivity index (χ0n) is 21.6. The van der Waals surface area contributed by atoms with E-state index in [1.807, 2.05) is 13.8 Å². The van der Waals surface area contributed by atoms with E-state index in [4.69, 9.17) is 33.0 Å². The Balaban J connectivity index is 1.63. The van der Waals surface area contributed by atoms with Gasteiger partial charge in [0.1, 0.15) is 12.4 Å². The van der Waals surface area contributed by atoms with Crippen LogP contribution in [-0.2, 0) is 11.0 Å². The van der Waals surface area contributed by atoms with E-state index in [2.05, 4.69) is 5.32 Å². The first kappa shape index (κ1) is 31.3. The second-order valence-electron chi connectivity index (χ2n) is 9.53. The van der Waals surface area contributed by atoms with Gasteiger partial charge in [0.05, 0.1) is 16.6 Å². The highest BCUT2D eigenvalue weighted by Crippen LogP contribution is 2.39. The molecule has 11 heteroatoms. The van der Waals surface area contributed by atoms with Crippen molar-refractivity contribution in [1.82, 2.24) is 0 Å². The number of alkyl halides is 3. The lowest BCUT2D eigenvalue weighted by Crippen LogP contribution is -2.32. The molecular weight excluding hydrogens is 570 g/mol. The summed E-state index contributed by atoms with van der Waals surface area (Å²) in [4.78, 5) is 23.0. The van der Waals surface area contributed by atoms with Gasteiger partial charge in [-0.05, 0) is 66.9 Å². The number of halogens is 5. The number of carboxylic acids is 1. The average Bonchev–Trinajstić information content (AvgIpc) is 2.89. The third-order valence-electron chi connectivity index (χ3n) is 6.25. The number of aliphatic carboxylic acids is 1. The Bertz CT molecular complexity index is 1350. The minimum absolute atomic E-state index is 0.0694. The van der Waals surface area contributed by atoms with Crippen LogP contribution in [-0.4, -0.2) is 40.7 Å². The number of benzene rings is 3. The molecule has 0 fully saturated rings. The number of aliphatic hydroxyl groups is 1. The molecule has 6 nitrogen and oxygen atoms in total. The van der Waals surface area contributed by atoms with Gasteiger partial charge in [0.2, 0.25) is 0 Å². The Morgan fingerprint density at radius 3 is 2.08 bits per heavy atom.